The number of aliphatic hydroxyl groups is 1. The van der Waals surface area contributed by atoms with Crippen molar-refractivity contribution in [2.75, 3.05) is 0 Å². The van der Waals surface area contributed by atoms with Crippen LogP contribution in [0.4, 0.5) is 0 Å². The van der Waals surface area contributed by atoms with Gasteiger partial charge >= 0.3 is 0 Å². The molecule has 2 aromatic rings. The fourth-order valence-corrected chi connectivity index (χ4v) is 1.76. The summed E-state index contributed by atoms with van der Waals surface area (Å²) in [6, 6.07) is 1.87. The summed E-state index contributed by atoms with van der Waals surface area (Å²) in [6.45, 7) is 3.57. The fraction of sp³-hybridized carbons (Fsp3) is 0.333. The highest BCUT2D eigenvalue weighted by molar-refractivity contribution is 6.34. The van der Waals surface area contributed by atoms with Crippen molar-refractivity contribution in [2.24, 2.45) is 0 Å². The molecule has 0 radical (unpaired) electrons. The molecule has 0 fully saturated rings. The van der Waals surface area contributed by atoms with Crippen molar-refractivity contribution in [1.29, 1.82) is 0 Å². The van der Waals surface area contributed by atoms with E-state index in [1.165, 1.54) is 0 Å². The fourth-order valence-electron chi connectivity index (χ4n) is 1.50. The molecule has 0 aromatic carbocycles. The highest BCUT2D eigenvalue weighted by atomic mass is 35.5. The number of nitrogens with zero attached hydrogens (tertiary/aromatic N) is 3. The Bertz CT molecular complexity index is 492. The summed E-state index contributed by atoms with van der Waals surface area (Å²) in [4.78, 5) is 8.29. The minimum atomic E-state index is -0.0951. The number of aliphatic hydroxyl groups excluding tert-OH is 1. The Morgan fingerprint density at radius 1 is 1.43 bits per heavy atom. The number of fused-ring (bicyclic) bond motifs is 1. The largest absolute Gasteiger partial charge is 0.376 e. The Morgan fingerprint density at radius 2 is 2.14 bits per heavy atom. The molecule has 5 heteroatoms. The monoisotopic (exact) mass is 211 g/mol. The summed E-state index contributed by atoms with van der Waals surface area (Å²) >= 11 is 5.96. The summed E-state index contributed by atoms with van der Waals surface area (Å²) in [5, 5.41) is 10.4. The molecule has 0 saturated heterocycles. The molecule has 0 unspecified atom stereocenters. The average Bonchev–Trinajstić information content (AvgIpc) is 2.41. The number of hydrogen-bond donors (Lipinski definition) is 1. The van der Waals surface area contributed by atoms with Gasteiger partial charge in [-0.05, 0) is 19.9 Å². The number of aromatic nitrogens is 3. The average molecular weight is 212 g/mol. The van der Waals surface area contributed by atoms with Crippen LogP contribution >= 0.6 is 11.6 Å². The van der Waals surface area contributed by atoms with E-state index in [9.17, 15) is 0 Å². The van der Waals surface area contributed by atoms with Gasteiger partial charge in [0.15, 0.2) is 0 Å². The number of rotatable bonds is 1. The number of halogens is 1. The first-order valence-electron chi connectivity index (χ1n) is 4.24. The van der Waals surface area contributed by atoms with Gasteiger partial charge in [0.1, 0.15) is 23.4 Å². The maximum atomic E-state index is 9.15. The van der Waals surface area contributed by atoms with E-state index in [0.29, 0.717) is 16.6 Å². The third kappa shape index (κ3) is 1.27. The Morgan fingerprint density at radius 3 is 2.79 bits per heavy atom. The van der Waals surface area contributed by atoms with Gasteiger partial charge in [0.2, 0.25) is 0 Å². The molecule has 2 heterocycles. The molecule has 74 valence electrons. The molecule has 4 nitrogen and oxygen atoms in total. The lowest BCUT2D eigenvalue weighted by molar-refractivity contribution is 0.212. The molecule has 0 aliphatic rings. The lowest BCUT2D eigenvalue weighted by Crippen LogP contribution is -2.01. The van der Waals surface area contributed by atoms with Crippen molar-refractivity contribution in [1.82, 2.24) is 14.5 Å². The van der Waals surface area contributed by atoms with E-state index in [0.717, 1.165) is 11.1 Å². The van der Waals surface area contributed by atoms with Crippen LogP contribution in [0.5, 0.6) is 0 Å². The van der Waals surface area contributed by atoms with E-state index in [-0.39, 0.29) is 6.73 Å². The predicted octanol–water partition coefficient (Wildman–Crippen LogP) is 1.65. The molecule has 1 N–H and O–H groups in total. The zero-order chi connectivity index (χ0) is 10.3. The topological polar surface area (TPSA) is 50.9 Å². The molecular weight excluding hydrogens is 202 g/mol. The smallest absolute Gasteiger partial charge is 0.147 e. The minimum Gasteiger partial charge on any atom is -0.376 e. The van der Waals surface area contributed by atoms with Crippen LogP contribution in [0.2, 0.25) is 5.15 Å². The van der Waals surface area contributed by atoms with Crippen LogP contribution in [0, 0.1) is 13.8 Å². The van der Waals surface area contributed by atoms with Crippen LogP contribution in [0.3, 0.4) is 0 Å². The van der Waals surface area contributed by atoms with Crippen LogP contribution in [-0.2, 0) is 6.73 Å². The Balaban J connectivity index is 2.87. The van der Waals surface area contributed by atoms with Crippen LogP contribution < -0.4 is 0 Å². The van der Waals surface area contributed by atoms with Gasteiger partial charge < -0.3 is 9.67 Å². The first-order chi connectivity index (χ1) is 6.63. The first kappa shape index (κ1) is 9.43. The van der Waals surface area contributed by atoms with Crippen LogP contribution in [0.1, 0.15) is 11.5 Å². The molecule has 2 rings (SSSR count). The number of aryl methyl sites for hydroxylation is 2. The maximum Gasteiger partial charge on any atom is 0.147 e. The van der Waals surface area contributed by atoms with Gasteiger partial charge in [-0.1, -0.05) is 11.6 Å². The van der Waals surface area contributed by atoms with Gasteiger partial charge in [0.05, 0.1) is 5.39 Å². The van der Waals surface area contributed by atoms with Crippen molar-refractivity contribution in [3.8, 4) is 0 Å². The third-order valence-electron chi connectivity index (χ3n) is 2.17. The summed E-state index contributed by atoms with van der Waals surface area (Å²) in [7, 11) is 0. The molecule has 0 saturated carbocycles. The Kier molecular flexibility index (Phi) is 2.17. The predicted molar refractivity (Wildman–Crippen MR) is 54.2 cm³/mol. The van der Waals surface area contributed by atoms with Crippen LogP contribution in [0.25, 0.3) is 11.0 Å². The molecular formula is C9H10ClN3O. The SMILES string of the molecule is Cc1nc(Cl)c2cc(C)n(CO)c2n1. The normalized spacial score (nSPS) is 11.1. The van der Waals surface area contributed by atoms with Gasteiger partial charge in [-0.3, -0.25) is 0 Å². The van der Waals surface area contributed by atoms with Crippen molar-refractivity contribution in [3.63, 3.8) is 0 Å². The van der Waals surface area contributed by atoms with Gasteiger partial charge in [0, 0.05) is 5.69 Å². The minimum absolute atomic E-state index is 0.0951. The van der Waals surface area contributed by atoms with Crippen molar-refractivity contribution in [3.05, 3.63) is 22.7 Å². The molecule has 2 aromatic heterocycles. The van der Waals surface area contributed by atoms with E-state index in [2.05, 4.69) is 9.97 Å². The lowest BCUT2D eigenvalue weighted by Gasteiger charge is -2.02. The molecule has 0 aliphatic carbocycles. The van der Waals surface area contributed by atoms with Crippen molar-refractivity contribution in [2.45, 2.75) is 20.6 Å². The molecule has 0 bridgehead atoms. The summed E-state index contributed by atoms with van der Waals surface area (Å²) in [5.74, 6) is 0.607. The zero-order valence-corrected chi connectivity index (χ0v) is 8.71. The molecule has 14 heavy (non-hydrogen) atoms. The van der Waals surface area contributed by atoms with E-state index >= 15 is 0 Å². The van der Waals surface area contributed by atoms with Crippen molar-refractivity contribution < 1.29 is 5.11 Å². The van der Waals surface area contributed by atoms with Crippen molar-refractivity contribution >= 4 is 22.6 Å². The van der Waals surface area contributed by atoms with Crippen LogP contribution in [0.15, 0.2) is 6.07 Å². The first-order valence-corrected chi connectivity index (χ1v) is 4.62. The highest BCUT2D eigenvalue weighted by Gasteiger charge is 2.10. The highest BCUT2D eigenvalue weighted by Crippen LogP contribution is 2.23. The quantitative estimate of drug-likeness (QED) is 0.730. The van der Waals surface area contributed by atoms with Gasteiger partial charge in [0.25, 0.3) is 0 Å². The second-order valence-corrected chi connectivity index (χ2v) is 3.51. The Labute approximate surface area is 86.2 Å². The standard InChI is InChI=1S/C9H10ClN3O/c1-5-3-7-8(10)11-6(2)12-9(7)13(5)4-14/h3,14H,4H2,1-2H3. The van der Waals surface area contributed by atoms with Gasteiger partial charge in [-0.15, -0.1) is 0 Å². The summed E-state index contributed by atoms with van der Waals surface area (Å²) < 4.78 is 1.69. The Hall–Kier alpha value is -1.13. The van der Waals surface area contributed by atoms with E-state index in [1.54, 1.807) is 11.5 Å². The van der Waals surface area contributed by atoms with Crippen LogP contribution in [-0.4, -0.2) is 19.6 Å². The second-order valence-electron chi connectivity index (χ2n) is 3.15. The van der Waals surface area contributed by atoms with E-state index < -0.39 is 0 Å². The third-order valence-corrected chi connectivity index (χ3v) is 2.46. The number of hydrogen-bond acceptors (Lipinski definition) is 3. The van der Waals surface area contributed by atoms with Gasteiger partial charge in [-0.25, -0.2) is 9.97 Å². The zero-order valence-electron chi connectivity index (χ0n) is 7.95. The van der Waals surface area contributed by atoms with E-state index in [4.69, 9.17) is 16.7 Å². The van der Waals surface area contributed by atoms with Gasteiger partial charge in [-0.2, -0.15) is 0 Å². The summed E-state index contributed by atoms with van der Waals surface area (Å²) in [5.41, 5.74) is 1.60. The maximum absolute atomic E-state index is 9.15. The molecule has 0 amide bonds. The molecule has 0 spiro atoms. The molecule has 0 atom stereocenters. The van der Waals surface area contributed by atoms with E-state index in [1.807, 2.05) is 13.0 Å². The second kappa shape index (κ2) is 3.22. The molecule has 0 aliphatic heterocycles. The lowest BCUT2D eigenvalue weighted by atomic mass is 10.4. The summed E-state index contributed by atoms with van der Waals surface area (Å²) in [6.07, 6.45) is 0.